The van der Waals surface area contributed by atoms with Gasteiger partial charge >= 0.3 is 0 Å². The summed E-state index contributed by atoms with van der Waals surface area (Å²) in [5.41, 5.74) is 6.99. The SMILES string of the molecule is c1ccc(N(c2cccc(-n3c4ccccc4c4ccccc43)c2)c2ccc3c(c2)sc2ccccc23)cc1. The van der Waals surface area contributed by atoms with Gasteiger partial charge in [-0.2, -0.15) is 0 Å². The molecule has 0 aliphatic heterocycles. The first kappa shape index (κ1) is 22.2. The molecule has 6 aromatic carbocycles. The Balaban J connectivity index is 1.34. The molecule has 0 saturated heterocycles. The Morgan fingerprint density at radius 2 is 1.00 bits per heavy atom. The van der Waals surface area contributed by atoms with Gasteiger partial charge in [0.1, 0.15) is 0 Å². The Kier molecular flexibility index (Phi) is 5.04. The molecule has 0 atom stereocenters. The van der Waals surface area contributed by atoms with Gasteiger partial charge in [0.15, 0.2) is 0 Å². The number of thiophene rings is 1. The maximum atomic E-state index is 2.38. The van der Waals surface area contributed by atoms with Gasteiger partial charge in [0.25, 0.3) is 0 Å². The number of hydrogen-bond donors (Lipinski definition) is 0. The third kappa shape index (κ3) is 3.55. The highest BCUT2D eigenvalue weighted by atomic mass is 32.1. The van der Waals surface area contributed by atoms with Crippen molar-refractivity contribution < 1.29 is 0 Å². The summed E-state index contributed by atoms with van der Waals surface area (Å²) < 4.78 is 5.00. The molecule has 3 heteroatoms. The van der Waals surface area contributed by atoms with E-state index in [1.807, 2.05) is 11.3 Å². The second kappa shape index (κ2) is 8.87. The molecule has 2 aromatic heterocycles. The average molecular weight is 517 g/mol. The molecule has 8 rings (SSSR count). The van der Waals surface area contributed by atoms with Crippen LogP contribution in [-0.2, 0) is 0 Å². The van der Waals surface area contributed by atoms with Crippen LogP contribution in [-0.4, -0.2) is 4.57 Å². The van der Waals surface area contributed by atoms with Crippen LogP contribution in [0, 0.1) is 0 Å². The van der Waals surface area contributed by atoms with Gasteiger partial charge in [-0.3, -0.25) is 0 Å². The van der Waals surface area contributed by atoms with Gasteiger partial charge in [0.2, 0.25) is 0 Å². The van der Waals surface area contributed by atoms with Crippen molar-refractivity contribution in [2.75, 3.05) is 4.90 Å². The van der Waals surface area contributed by atoms with Crippen molar-refractivity contribution in [3.8, 4) is 5.69 Å². The van der Waals surface area contributed by atoms with Crippen molar-refractivity contribution in [3.05, 3.63) is 146 Å². The predicted octanol–water partition coefficient (Wildman–Crippen LogP) is 10.6. The summed E-state index contributed by atoms with van der Waals surface area (Å²) in [7, 11) is 0. The molecule has 0 saturated carbocycles. The number of para-hydroxylation sites is 3. The van der Waals surface area contributed by atoms with E-state index in [0.717, 1.165) is 22.7 Å². The first-order chi connectivity index (χ1) is 19.3. The van der Waals surface area contributed by atoms with Gasteiger partial charge in [0.05, 0.1) is 11.0 Å². The fraction of sp³-hybridized carbons (Fsp3) is 0. The number of benzene rings is 6. The number of fused-ring (bicyclic) bond motifs is 6. The van der Waals surface area contributed by atoms with E-state index in [1.165, 1.54) is 42.0 Å². The van der Waals surface area contributed by atoms with Gasteiger partial charge in [-0.25, -0.2) is 0 Å². The maximum absolute atomic E-state index is 2.38. The minimum absolute atomic E-state index is 1.13. The third-order valence-corrected chi connectivity index (χ3v) is 8.69. The summed E-state index contributed by atoms with van der Waals surface area (Å²) in [6.45, 7) is 0. The van der Waals surface area contributed by atoms with E-state index >= 15 is 0 Å². The predicted molar refractivity (Wildman–Crippen MR) is 168 cm³/mol. The van der Waals surface area contributed by atoms with Gasteiger partial charge in [-0.05, 0) is 60.7 Å². The van der Waals surface area contributed by atoms with E-state index < -0.39 is 0 Å². The van der Waals surface area contributed by atoms with Gasteiger partial charge in [0, 0.05) is 53.7 Å². The fourth-order valence-corrected chi connectivity index (χ4v) is 6.99. The van der Waals surface area contributed by atoms with Crippen LogP contribution in [0.3, 0.4) is 0 Å². The molecular weight excluding hydrogens is 492 g/mol. The van der Waals surface area contributed by atoms with E-state index in [9.17, 15) is 0 Å². The zero-order chi connectivity index (χ0) is 25.8. The van der Waals surface area contributed by atoms with E-state index in [4.69, 9.17) is 0 Å². The van der Waals surface area contributed by atoms with Gasteiger partial charge < -0.3 is 9.47 Å². The molecule has 0 aliphatic rings. The Hall–Kier alpha value is -4.86. The number of hydrogen-bond acceptors (Lipinski definition) is 2. The molecular formula is C36H24N2S. The second-order valence-electron chi connectivity index (χ2n) is 9.84. The van der Waals surface area contributed by atoms with Crippen LogP contribution in [0.1, 0.15) is 0 Å². The van der Waals surface area contributed by atoms with Crippen molar-refractivity contribution in [1.82, 2.24) is 4.57 Å². The van der Waals surface area contributed by atoms with Crippen LogP contribution >= 0.6 is 11.3 Å². The Morgan fingerprint density at radius 3 is 1.77 bits per heavy atom. The number of nitrogens with zero attached hydrogens (tertiary/aromatic N) is 2. The second-order valence-corrected chi connectivity index (χ2v) is 10.9. The lowest BCUT2D eigenvalue weighted by Crippen LogP contribution is -2.10. The molecule has 2 heterocycles. The summed E-state index contributed by atoms with van der Waals surface area (Å²) in [6, 6.07) is 52.4. The number of anilines is 3. The minimum Gasteiger partial charge on any atom is -0.310 e. The molecule has 0 bridgehead atoms. The standard InChI is InChI=1S/C36H24N2S/c1-2-11-25(12-3-1)37(28-21-22-32-31-17-6-9-20-35(31)39-36(32)24-28)26-13-10-14-27(23-26)38-33-18-7-4-15-29(33)30-16-5-8-19-34(30)38/h1-24H. The highest BCUT2D eigenvalue weighted by Crippen LogP contribution is 2.41. The quantitative estimate of drug-likeness (QED) is 0.226. The molecule has 0 N–H and O–H groups in total. The molecule has 0 aliphatic carbocycles. The summed E-state index contributed by atoms with van der Waals surface area (Å²) in [5, 5.41) is 5.18. The van der Waals surface area contributed by atoms with Crippen molar-refractivity contribution in [3.63, 3.8) is 0 Å². The molecule has 8 aromatic rings. The van der Waals surface area contributed by atoms with E-state index in [-0.39, 0.29) is 0 Å². The maximum Gasteiger partial charge on any atom is 0.0541 e. The molecule has 184 valence electrons. The number of rotatable bonds is 4. The smallest absolute Gasteiger partial charge is 0.0541 e. The van der Waals surface area contributed by atoms with Crippen LogP contribution in [0.4, 0.5) is 17.1 Å². The van der Waals surface area contributed by atoms with E-state index in [1.54, 1.807) is 0 Å². The van der Waals surface area contributed by atoms with Crippen LogP contribution in [0.25, 0.3) is 47.7 Å². The fourth-order valence-electron chi connectivity index (χ4n) is 5.85. The van der Waals surface area contributed by atoms with E-state index in [0.29, 0.717) is 0 Å². The Labute approximate surface area is 230 Å². The molecule has 39 heavy (non-hydrogen) atoms. The molecule has 0 spiro atoms. The molecule has 0 amide bonds. The molecule has 0 unspecified atom stereocenters. The summed E-state index contributed by atoms with van der Waals surface area (Å²) >= 11 is 1.86. The third-order valence-electron chi connectivity index (χ3n) is 7.56. The van der Waals surface area contributed by atoms with Crippen LogP contribution in [0.5, 0.6) is 0 Å². The lowest BCUT2D eigenvalue weighted by Gasteiger charge is -2.26. The van der Waals surface area contributed by atoms with Crippen LogP contribution < -0.4 is 4.90 Å². The minimum atomic E-state index is 1.13. The molecule has 2 nitrogen and oxygen atoms in total. The highest BCUT2D eigenvalue weighted by Gasteiger charge is 2.17. The van der Waals surface area contributed by atoms with Crippen molar-refractivity contribution in [1.29, 1.82) is 0 Å². The zero-order valence-corrected chi connectivity index (χ0v) is 22.0. The van der Waals surface area contributed by atoms with Crippen molar-refractivity contribution in [2.24, 2.45) is 0 Å². The zero-order valence-electron chi connectivity index (χ0n) is 21.2. The van der Waals surface area contributed by atoms with Crippen LogP contribution in [0.15, 0.2) is 146 Å². The lowest BCUT2D eigenvalue weighted by molar-refractivity contribution is 1.17. The largest absolute Gasteiger partial charge is 0.310 e. The number of aromatic nitrogens is 1. The van der Waals surface area contributed by atoms with Gasteiger partial charge in [-0.1, -0.05) is 84.9 Å². The van der Waals surface area contributed by atoms with Crippen molar-refractivity contribution >= 4 is 70.4 Å². The topological polar surface area (TPSA) is 8.17 Å². The first-order valence-electron chi connectivity index (χ1n) is 13.2. The molecule has 0 fully saturated rings. The Morgan fingerprint density at radius 1 is 0.410 bits per heavy atom. The summed E-state index contributed by atoms with van der Waals surface area (Å²) in [5.74, 6) is 0. The average Bonchev–Trinajstić information content (AvgIpc) is 3.53. The first-order valence-corrected chi connectivity index (χ1v) is 14.0. The lowest BCUT2D eigenvalue weighted by atomic mass is 10.1. The summed E-state index contributed by atoms with van der Waals surface area (Å²) in [6.07, 6.45) is 0. The highest BCUT2D eigenvalue weighted by molar-refractivity contribution is 7.25. The van der Waals surface area contributed by atoms with Crippen LogP contribution in [0.2, 0.25) is 0 Å². The normalized spacial score (nSPS) is 11.6. The molecule has 0 radical (unpaired) electrons. The van der Waals surface area contributed by atoms with E-state index in [2.05, 4.69) is 155 Å². The van der Waals surface area contributed by atoms with Gasteiger partial charge in [-0.15, -0.1) is 11.3 Å². The monoisotopic (exact) mass is 516 g/mol. The van der Waals surface area contributed by atoms with Crippen molar-refractivity contribution in [2.45, 2.75) is 0 Å². The summed E-state index contributed by atoms with van der Waals surface area (Å²) in [4.78, 5) is 2.36. The Bertz CT molecular complexity index is 2080.